The molecule has 4 N–H and O–H groups in total. The Morgan fingerprint density at radius 3 is 3.05 bits per heavy atom. The molecule has 1 saturated heterocycles. The molecule has 2 rings (SSSR count). The second-order valence-electron chi connectivity index (χ2n) is 5.06. The van der Waals surface area contributed by atoms with Gasteiger partial charge in [0, 0.05) is 32.4 Å². The highest BCUT2D eigenvalue weighted by Gasteiger charge is 2.29. The average molecular weight is 292 g/mol. The van der Waals surface area contributed by atoms with E-state index >= 15 is 0 Å². The Balaban J connectivity index is 2.02. The van der Waals surface area contributed by atoms with E-state index in [4.69, 9.17) is 5.73 Å². The molecule has 0 aliphatic carbocycles. The highest BCUT2D eigenvalue weighted by Crippen LogP contribution is 2.22. The molecule has 114 valence electrons. The number of carbonyl (C=O) groups excluding carboxylic acids is 2. The predicted molar refractivity (Wildman–Crippen MR) is 76.6 cm³/mol. The van der Waals surface area contributed by atoms with Crippen molar-refractivity contribution in [1.82, 2.24) is 15.2 Å². The number of hydrogen-bond acceptors (Lipinski definition) is 5. The van der Waals surface area contributed by atoms with Crippen LogP contribution in [0.25, 0.3) is 0 Å². The molecule has 7 heteroatoms. The van der Waals surface area contributed by atoms with Crippen molar-refractivity contribution in [3.8, 4) is 5.75 Å². The van der Waals surface area contributed by atoms with Crippen LogP contribution in [-0.2, 0) is 4.79 Å². The van der Waals surface area contributed by atoms with Crippen LogP contribution < -0.4 is 11.1 Å². The summed E-state index contributed by atoms with van der Waals surface area (Å²) in [5.74, 6) is -0.710. The van der Waals surface area contributed by atoms with E-state index in [-0.39, 0.29) is 29.0 Å². The molecule has 1 atom stereocenters. The first-order valence-electron chi connectivity index (χ1n) is 7.03. The fourth-order valence-corrected chi connectivity index (χ4v) is 2.45. The Labute approximate surface area is 123 Å². The summed E-state index contributed by atoms with van der Waals surface area (Å²) in [5, 5.41) is 12.5. The number of carbonyl (C=O) groups is 2. The summed E-state index contributed by atoms with van der Waals surface area (Å²) in [6.07, 6.45) is 4.21. The minimum atomic E-state index is -0.272. The molecule has 1 unspecified atom stereocenters. The lowest BCUT2D eigenvalue weighted by Gasteiger charge is -2.32. The quantitative estimate of drug-likeness (QED) is 0.707. The highest BCUT2D eigenvalue weighted by atomic mass is 16.3. The average Bonchev–Trinajstić information content (AvgIpc) is 2.52. The lowest BCUT2D eigenvalue weighted by molar-refractivity contribution is -0.126. The lowest BCUT2D eigenvalue weighted by Crippen LogP contribution is -2.46. The zero-order chi connectivity index (χ0) is 15.2. The summed E-state index contributed by atoms with van der Waals surface area (Å²) in [7, 11) is 0. The highest BCUT2D eigenvalue weighted by molar-refractivity contribution is 5.97. The summed E-state index contributed by atoms with van der Waals surface area (Å²) < 4.78 is 0. The molecule has 1 aliphatic rings. The molecule has 1 aromatic heterocycles. The zero-order valence-corrected chi connectivity index (χ0v) is 11.8. The largest absolute Gasteiger partial charge is 0.505 e. The summed E-state index contributed by atoms with van der Waals surface area (Å²) in [5.41, 5.74) is 5.58. The number of likely N-dealkylation sites (tertiary alicyclic amines) is 1. The molecule has 1 fully saturated rings. The van der Waals surface area contributed by atoms with Crippen LogP contribution in [0.3, 0.4) is 0 Å². The van der Waals surface area contributed by atoms with Crippen LogP contribution in [0.5, 0.6) is 5.75 Å². The Kier molecular flexibility index (Phi) is 5.10. The van der Waals surface area contributed by atoms with Crippen LogP contribution in [0.4, 0.5) is 0 Å². The van der Waals surface area contributed by atoms with Crippen molar-refractivity contribution in [2.24, 2.45) is 11.7 Å². The van der Waals surface area contributed by atoms with Crippen molar-refractivity contribution in [2.45, 2.75) is 12.8 Å². The molecule has 2 heterocycles. The summed E-state index contributed by atoms with van der Waals surface area (Å²) >= 11 is 0. The normalized spacial score (nSPS) is 18.3. The van der Waals surface area contributed by atoms with E-state index in [1.807, 2.05) is 0 Å². The first-order valence-corrected chi connectivity index (χ1v) is 7.03. The van der Waals surface area contributed by atoms with Gasteiger partial charge in [0.15, 0.2) is 0 Å². The van der Waals surface area contributed by atoms with Crippen LogP contribution >= 0.6 is 0 Å². The van der Waals surface area contributed by atoms with Crippen molar-refractivity contribution in [3.05, 3.63) is 24.0 Å². The van der Waals surface area contributed by atoms with Crippen LogP contribution in [0, 0.1) is 5.92 Å². The van der Waals surface area contributed by atoms with Gasteiger partial charge in [0.1, 0.15) is 5.75 Å². The molecule has 1 aromatic rings. The number of aromatic hydroxyl groups is 1. The predicted octanol–water partition coefficient (Wildman–Crippen LogP) is -0.286. The number of nitrogens with zero attached hydrogens (tertiary/aromatic N) is 2. The Hall–Kier alpha value is -2.15. The fourth-order valence-electron chi connectivity index (χ4n) is 2.45. The number of pyridine rings is 1. The second-order valence-corrected chi connectivity index (χ2v) is 5.06. The summed E-state index contributed by atoms with van der Waals surface area (Å²) in [6.45, 7) is 1.78. The fraction of sp³-hybridized carbons (Fsp3) is 0.500. The Morgan fingerprint density at radius 1 is 1.52 bits per heavy atom. The van der Waals surface area contributed by atoms with Gasteiger partial charge >= 0.3 is 0 Å². The summed E-state index contributed by atoms with van der Waals surface area (Å²) in [6, 6.07) is 1.48. The monoisotopic (exact) mass is 292 g/mol. The van der Waals surface area contributed by atoms with E-state index in [1.54, 1.807) is 4.90 Å². The van der Waals surface area contributed by atoms with Gasteiger partial charge in [-0.25, -0.2) is 0 Å². The maximum atomic E-state index is 12.4. The molecule has 2 amide bonds. The molecule has 0 saturated carbocycles. The molecule has 0 spiro atoms. The molecule has 0 radical (unpaired) electrons. The van der Waals surface area contributed by atoms with Gasteiger partial charge in [-0.05, 0) is 18.9 Å². The molecular weight excluding hydrogens is 272 g/mol. The number of piperidine rings is 1. The van der Waals surface area contributed by atoms with Gasteiger partial charge in [-0.1, -0.05) is 0 Å². The van der Waals surface area contributed by atoms with Crippen molar-refractivity contribution < 1.29 is 14.7 Å². The third kappa shape index (κ3) is 3.69. The van der Waals surface area contributed by atoms with E-state index in [9.17, 15) is 14.7 Å². The van der Waals surface area contributed by atoms with E-state index in [2.05, 4.69) is 10.3 Å². The summed E-state index contributed by atoms with van der Waals surface area (Å²) in [4.78, 5) is 29.7. The first-order chi connectivity index (χ1) is 10.1. The lowest BCUT2D eigenvalue weighted by atomic mass is 9.96. The maximum Gasteiger partial charge on any atom is 0.257 e. The van der Waals surface area contributed by atoms with Gasteiger partial charge in [0.25, 0.3) is 5.91 Å². The van der Waals surface area contributed by atoms with Gasteiger partial charge in [0.05, 0.1) is 17.7 Å². The standard InChI is InChI=1S/C14H20N4O3/c15-4-6-17-13(20)10-2-1-7-18(9-10)14(21)11-3-5-16-8-12(11)19/h3,5,8,10,19H,1-2,4,6-7,9,15H2,(H,17,20). The van der Waals surface area contributed by atoms with Gasteiger partial charge < -0.3 is 21.1 Å². The van der Waals surface area contributed by atoms with Crippen molar-refractivity contribution in [2.75, 3.05) is 26.2 Å². The Bertz CT molecular complexity index is 521. The zero-order valence-electron chi connectivity index (χ0n) is 11.8. The number of rotatable bonds is 4. The Morgan fingerprint density at radius 2 is 2.33 bits per heavy atom. The minimum Gasteiger partial charge on any atom is -0.505 e. The molecule has 7 nitrogen and oxygen atoms in total. The number of nitrogens with two attached hydrogens (primary N) is 1. The van der Waals surface area contributed by atoms with E-state index in [0.717, 1.165) is 12.8 Å². The molecule has 1 aliphatic heterocycles. The van der Waals surface area contributed by atoms with Crippen LogP contribution in [0.1, 0.15) is 23.2 Å². The molecule has 0 aromatic carbocycles. The second kappa shape index (κ2) is 7.03. The van der Waals surface area contributed by atoms with E-state index < -0.39 is 0 Å². The van der Waals surface area contributed by atoms with Crippen molar-refractivity contribution in [1.29, 1.82) is 0 Å². The van der Waals surface area contributed by atoms with Crippen molar-refractivity contribution in [3.63, 3.8) is 0 Å². The smallest absolute Gasteiger partial charge is 0.257 e. The van der Waals surface area contributed by atoms with Crippen LogP contribution in [-0.4, -0.2) is 53.0 Å². The molecule has 0 bridgehead atoms. The topological polar surface area (TPSA) is 109 Å². The van der Waals surface area contributed by atoms with Gasteiger partial charge in [-0.2, -0.15) is 0 Å². The van der Waals surface area contributed by atoms with E-state index in [0.29, 0.717) is 26.2 Å². The third-order valence-corrected chi connectivity index (χ3v) is 3.55. The molecule has 21 heavy (non-hydrogen) atoms. The van der Waals surface area contributed by atoms with Crippen molar-refractivity contribution >= 4 is 11.8 Å². The SMILES string of the molecule is NCCNC(=O)C1CCCN(C(=O)c2ccncc2O)C1. The number of nitrogens with one attached hydrogen (secondary N) is 1. The van der Waals surface area contributed by atoms with Crippen LogP contribution in [0.2, 0.25) is 0 Å². The van der Waals surface area contributed by atoms with Crippen LogP contribution in [0.15, 0.2) is 18.5 Å². The number of aromatic nitrogens is 1. The number of hydrogen-bond donors (Lipinski definition) is 3. The van der Waals surface area contributed by atoms with Gasteiger partial charge in [0.2, 0.25) is 5.91 Å². The minimum absolute atomic E-state index is 0.0723. The van der Waals surface area contributed by atoms with Gasteiger partial charge in [-0.3, -0.25) is 14.6 Å². The van der Waals surface area contributed by atoms with Gasteiger partial charge in [-0.15, -0.1) is 0 Å². The third-order valence-electron chi connectivity index (χ3n) is 3.55. The maximum absolute atomic E-state index is 12.4. The molecular formula is C14H20N4O3. The number of amides is 2. The first kappa shape index (κ1) is 15.2. The van der Waals surface area contributed by atoms with E-state index in [1.165, 1.54) is 18.5 Å².